The number of amides is 1. The fraction of sp³-hybridized carbons (Fsp3) is 0.545. The normalized spacial score (nSPS) is 19.3. The Morgan fingerprint density at radius 3 is 2.94 bits per heavy atom. The lowest BCUT2D eigenvalue weighted by molar-refractivity contribution is -0.124. The number of amidine groups is 1. The molecule has 2 rings (SSSR count). The van der Waals surface area contributed by atoms with Crippen molar-refractivity contribution in [3.05, 3.63) is 18.5 Å². The summed E-state index contributed by atoms with van der Waals surface area (Å²) in [6.45, 7) is 2.48. The van der Waals surface area contributed by atoms with Gasteiger partial charge in [-0.05, 0) is 25.8 Å². The van der Waals surface area contributed by atoms with Crippen LogP contribution in [-0.2, 0) is 11.3 Å². The van der Waals surface area contributed by atoms with Crippen LogP contribution < -0.4 is 11.1 Å². The summed E-state index contributed by atoms with van der Waals surface area (Å²) in [6.07, 6.45) is 4.78. The predicted octanol–water partition coefficient (Wildman–Crippen LogP) is -0.0856. The lowest BCUT2D eigenvalue weighted by Gasteiger charge is -2.18. The number of nitrogens with zero attached hydrogens (tertiary/aromatic N) is 3. The first kappa shape index (κ1) is 12.4. The van der Waals surface area contributed by atoms with Crippen molar-refractivity contribution in [3.8, 4) is 0 Å². The van der Waals surface area contributed by atoms with E-state index >= 15 is 0 Å². The van der Waals surface area contributed by atoms with E-state index in [0.29, 0.717) is 19.4 Å². The van der Waals surface area contributed by atoms with Crippen molar-refractivity contribution in [2.45, 2.75) is 32.4 Å². The number of nitrogens with one attached hydrogen (secondary N) is 1. The molecule has 7 heteroatoms. The van der Waals surface area contributed by atoms with Gasteiger partial charge in [-0.3, -0.25) is 9.48 Å². The van der Waals surface area contributed by atoms with Crippen LogP contribution >= 0.6 is 0 Å². The average Bonchev–Trinajstić information content (AvgIpc) is 3.01. The Bertz CT molecular complexity index is 450. The summed E-state index contributed by atoms with van der Waals surface area (Å²) in [6, 6.07) is 1.76. The summed E-state index contributed by atoms with van der Waals surface area (Å²) in [7, 11) is 0. The number of hydrogen-bond donors (Lipinski definition) is 3. The molecule has 0 spiro atoms. The third-order valence-corrected chi connectivity index (χ3v) is 3.18. The number of nitrogens with two attached hydrogens (primary N) is 1. The zero-order valence-corrected chi connectivity index (χ0v) is 10.2. The van der Waals surface area contributed by atoms with Gasteiger partial charge in [-0.2, -0.15) is 5.10 Å². The molecular weight excluding hydrogens is 234 g/mol. The lowest BCUT2D eigenvalue weighted by atomic mass is 10.0. The van der Waals surface area contributed by atoms with Crippen molar-refractivity contribution in [3.63, 3.8) is 0 Å². The number of aromatic nitrogens is 2. The van der Waals surface area contributed by atoms with Crippen LogP contribution in [0.15, 0.2) is 23.6 Å². The van der Waals surface area contributed by atoms with Gasteiger partial charge >= 0.3 is 0 Å². The van der Waals surface area contributed by atoms with E-state index in [1.807, 2.05) is 19.2 Å². The van der Waals surface area contributed by atoms with Crippen LogP contribution in [0.3, 0.4) is 0 Å². The molecule has 0 radical (unpaired) electrons. The van der Waals surface area contributed by atoms with E-state index in [4.69, 9.17) is 10.9 Å². The predicted molar refractivity (Wildman–Crippen MR) is 64.9 cm³/mol. The molecular formula is C11H17N5O2. The van der Waals surface area contributed by atoms with Crippen LogP contribution in [0, 0.1) is 5.41 Å². The van der Waals surface area contributed by atoms with Crippen LogP contribution in [0.2, 0.25) is 0 Å². The molecule has 1 amide bonds. The van der Waals surface area contributed by atoms with Crippen molar-refractivity contribution in [1.82, 2.24) is 15.1 Å². The highest BCUT2D eigenvalue weighted by Gasteiger charge is 2.54. The molecule has 1 aromatic heterocycles. The molecule has 1 aliphatic rings. The van der Waals surface area contributed by atoms with Crippen LogP contribution in [0.4, 0.5) is 0 Å². The highest BCUT2D eigenvalue weighted by Crippen LogP contribution is 2.46. The third-order valence-electron chi connectivity index (χ3n) is 3.18. The second-order valence-corrected chi connectivity index (χ2v) is 4.67. The van der Waals surface area contributed by atoms with Gasteiger partial charge in [0.25, 0.3) is 0 Å². The van der Waals surface area contributed by atoms with E-state index in [0.717, 1.165) is 0 Å². The second-order valence-electron chi connectivity index (χ2n) is 4.67. The molecule has 0 bridgehead atoms. The maximum Gasteiger partial charge on any atom is 0.234 e. The van der Waals surface area contributed by atoms with E-state index in [2.05, 4.69) is 15.6 Å². The Balaban J connectivity index is 1.92. The third kappa shape index (κ3) is 2.29. The quantitative estimate of drug-likeness (QED) is 0.294. The van der Waals surface area contributed by atoms with Gasteiger partial charge in [0.15, 0.2) is 5.84 Å². The van der Waals surface area contributed by atoms with Gasteiger partial charge in [-0.1, -0.05) is 5.16 Å². The van der Waals surface area contributed by atoms with E-state index in [1.54, 1.807) is 10.9 Å². The smallest absolute Gasteiger partial charge is 0.234 e. The summed E-state index contributed by atoms with van der Waals surface area (Å²) in [5.74, 6) is -0.191. The molecule has 7 nitrogen and oxygen atoms in total. The Labute approximate surface area is 105 Å². The van der Waals surface area contributed by atoms with Gasteiger partial charge in [-0.25, -0.2) is 0 Å². The molecule has 1 atom stereocenters. The molecule has 0 aliphatic heterocycles. The molecule has 1 unspecified atom stereocenters. The summed E-state index contributed by atoms with van der Waals surface area (Å²) < 4.78 is 1.74. The standard InChI is InChI=1S/C11H17N5O2/c1-8(7-16-6-2-5-13-16)14-10(17)11(3-4-11)9(12)15-18/h2,5-6,8,18H,3-4,7H2,1H3,(H2,12,15)(H,14,17). The minimum atomic E-state index is -0.798. The summed E-state index contributed by atoms with van der Waals surface area (Å²) >= 11 is 0. The minimum absolute atomic E-state index is 0.00807. The van der Waals surface area contributed by atoms with Crippen molar-refractivity contribution in [2.24, 2.45) is 16.3 Å². The minimum Gasteiger partial charge on any atom is -0.409 e. The van der Waals surface area contributed by atoms with E-state index in [1.165, 1.54) is 0 Å². The summed E-state index contributed by atoms with van der Waals surface area (Å²) in [5.41, 5.74) is 4.75. The monoisotopic (exact) mass is 251 g/mol. The van der Waals surface area contributed by atoms with Crippen LogP contribution in [0.5, 0.6) is 0 Å². The molecule has 0 aromatic carbocycles. The highest BCUT2D eigenvalue weighted by atomic mass is 16.4. The number of carbonyl (C=O) groups is 1. The first-order valence-electron chi connectivity index (χ1n) is 5.85. The van der Waals surface area contributed by atoms with Crippen LogP contribution in [-0.4, -0.2) is 32.8 Å². The molecule has 98 valence electrons. The fourth-order valence-corrected chi connectivity index (χ4v) is 1.92. The second kappa shape index (κ2) is 4.67. The van der Waals surface area contributed by atoms with E-state index in [9.17, 15) is 4.79 Å². The average molecular weight is 251 g/mol. The first-order valence-corrected chi connectivity index (χ1v) is 5.85. The van der Waals surface area contributed by atoms with E-state index < -0.39 is 5.41 Å². The zero-order chi connectivity index (χ0) is 13.2. The van der Waals surface area contributed by atoms with Crippen molar-refractivity contribution in [1.29, 1.82) is 0 Å². The van der Waals surface area contributed by atoms with Gasteiger partial charge < -0.3 is 16.3 Å². The zero-order valence-electron chi connectivity index (χ0n) is 10.2. The molecule has 1 fully saturated rings. The summed E-state index contributed by atoms with van der Waals surface area (Å²) in [4.78, 5) is 12.1. The first-order chi connectivity index (χ1) is 8.58. The maximum absolute atomic E-state index is 12.1. The van der Waals surface area contributed by atoms with Gasteiger partial charge in [0.2, 0.25) is 5.91 Å². The SMILES string of the molecule is CC(Cn1cccn1)NC(=O)C1(/C(N)=N/O)CC1. The Hall–Kier alpha value is -2.05. The Morgan fingerprint density at radius 1 is 1.72 bits per heavy atom. The van der Waals surface area contributed by atoms with E-state index in [-0.39, 0.29) is 17.8 Å². The summed E-state index contributed by atoms with van der Waals surface area (Å²) in [5, 5.41) is 18.5. The van der Waals surface area contributed by atoms with Gasteiger partial charge in [0.05, 0.1) is 6.54 Å². The van der Waals surface area contributed by atoms with Gasteiger partial charge in [-0.15, -0.1) is 0 Å². The maximum atomic E-state index is 12.1. The number of carbonyl (C=O) groups excluding carboxylic acids is 1. The molecule has 1 aromatic rings. The van der Waals surface area contributed by atoms with Crippen molar-refractivity contribution in [2.75, 3.05) is 0 Å². The lowest BCUT2D eigenvalue weighted by Crippen LogP contribution is -2.45. The highest BCUT2D eigenvalue weighted by molar-refractivity contribution is 6.09. The van der Waals surface area contributed by atoms with Gasteiger partial charge in [0, 0.05) is 18.4 Å². The molecule has 1 heterocycles. The molecule has 4 N–H and O–H groups in total. The van der Waals surface area contributed by atoms with Crippen molar-refractivity contribution >= 4 is 11.7 Å². The Kier molecular flexibility index (Phi) is 3.22. The van der Waals surface area contributed by atoms with Crippen molar-refractivity contribution < 1.29 is 10.0 Å². The largest absolute Gasteiger partial charge is 0.409 e. The number of rotatable bonds is 5. The topological polar surface area (TPSA) is 106 Å². The van der Waals surface area contributed by atoms with Gasteiger partial charge in [0.1, 0.15) is 5.41 Å². The van der Waals surface area contributed by atoms with Crippen LogP contribution in [0.25, 0.3) is 0 Å². The molecule has 1 saturated carbocycles. The molecule has 18 heavy (non-hydrogen) atoms. The molecule has 0 saturated heterocycles. The fourth-order valence-electron chi connectivity index (χ4n) is 1.92. The molecule has 1 aliphatic carbocycles. The Morgan fingerprint density at radius 2 is 2.44 bits per heavy atom. The van der Waals surface area contributed by atoms with Crippen LogP contribution in [0.1, 0.15) is 19.8 Å². The number of hydrogen-bond acceptors (Lipinski definition) is 4. The number of oxime groups is 1.